The molecule has 25 heavy (non-hydrogen) atoms. The molecule has 9 nitrogen and oxygen atoms in total. The zero-order chi connectivity index (χ0) is 17.2. The second-order valence-electron chi connectivity index (χ2n) is 5.83. The van der Waals surface area contributed by atoms with Gasteiger partial charge in [-0.25, -0.2) is 14.2 Å². The van der Waals surface area contributed by atoms with Crippen molar-refractivity contribution in [3.05, 3.63) is 49.1 Å². The highest BCUT2D eigenvalue weighted by atomic mass is 16.2. The van der Waals surface area contributed by atoms with Gasteiger partial charge in [0.15, 0.2) is 6.17 Å². The molecule has 1 unspecified atom stereocenters. The standard InChI is InChI=1S/C16H18N8O/c1-2-9-21-12-15(23-11-8-18-20-23)24(16(21)25)14-5-3-13(4-6-14)22-10-7-17-19-22/h3-8,10-11,15H,2,9,12H2,1H3. The average molecular weight is 338 g/mol. The quantitative estimate of drug-likeness (QED) is 0.707. The van der Waals surface area contributed by atoms with Gasteiger partial charge in [-0.1, -0.05) is 17.4 Å². The van der Waals surface area contributed by atoms with Crippen LogP contribution in [0.2, 0.25) is 0 Å². The maximum absolute atomic E-state index is 12.9. The molecule has 0 bridgehead atoms. The van der Waals surface area contributed by atoms with Crippen LogP contribution in [0.4, 0.5) is 10.5 Å². The smallest absolute Gasteiger partial charge is 0.320 e. The minimum absolute atomic E-state index is 0.0177. The fraction of sp³-hybridized carbons (Fsp3) is 0.312. The predicted molar refractivity (Wildman–Crippen MR) is 90.2 cm³/mol. The Hall–Kier alpha value is -3.23. The van der Waals surface area contributed by atoms with Crippen LogP contribution in [0.15, 0.2) is 49.1 Å². The number of carbonyl (C=O) groups excluding carboxylic acids is 1. The lowest BCUT2D eigenvalue weighted by Gasteiger charge is -2.23. The number of hydrogen-bond donors (Lipinski definition) is 0. The van der Waals surface area contributed by atoms with Gasteiger partial charge in [0.05, 0.1) is 30.8 Å². The van der Waals surface area contributed by atoms with E-state index in [1.807, 2.05) is 29.2 Å². The second-order valence-corrected chi connectivity index (χ2v) is 5.83. The Morgan fingerprint density at radius 3 is 2.40 bits per heavy atom. The first-order valence-corrected chi connectivity index (χ1v) is 8.18. The second kappa shape index (κ2) is 6.34. The fourth-order valence-corrected chi connectivity index (χ4v) is 3.07. The van der Waals surface area contributed by atoms with Crippen molar-refractivity contribution >= 4 is 11.7 Å². The lowest BCUT2D eigenvalue weighted by Crippen LogP contribution is -2.34. The Morgan fingerprint density at radius 2 is 1.76 bits per heavy atom. The third-order valence-electron chi connectivity index (χ3n) is 4.21. The first-order chi connectivity index (χ1) is 12.3. The van der Waals surface area contributed by atoms with Crippen LogP contribution in [0.1, 0.15) is 19.5 Å². The Bertz CT molecular complexity index is 828. The zero-order valence-corrected chi connectivity index (χ0v) is 13.8. The Balaban J connectivity index is 1.66. The molecule has 0 radical (unpaired) electrons. The fourth-order valence-electron chi connectivity index (χ4n) is 3.07. The third kappa shape index (κ3) is 2.73. The first kappa shape index (κ1) is 15.3. The molecule has 1 atom stereocenters. The van der Waals surface area contributed by atoms with Crippen molar-refractivity contribution in [1.82, 2.24) is 34.9 Å². The number of carbonyl (C=O) groups is 1. The van der Waals surface area contributed by atoms with Crippen LogP contribution in [0.3, 0.4) is 0 Å². The molecule has 1 aromatic carbocycles. The van der Waals surface area contributed by atoms with E-state index in [1.165, 1.54) is 0 Å². The summed E-state index contributed by atoms with van der Waals surface area (Å²) in [7, 11) is 0. The highest BCUT2D eigenvalue weighted by Gasteiger charge is 2.39. The van der Waals surface area contributed by atoms with Gasteiger partial charge in [0.1, 0.15) is 0 Å². The van der Waals surface area contributed by atoms with Crippen LogP contribution >= 0.6 is 0 Å². The number of aromatic nitrogens is 6. The SMILES string of the molecule is CCCN1CC(n2ccnn2)N(c2ccc(-n3ccnn3)cc2)C1=O. The number of anilines is 1. The molecule has 3 aromatic rings. The summed E-state index contributed by atoms with van der Waals surface area (Å²) in [5.41, 5.74) is 1.70. The summed E-state index contributed by atoms with van der Waals surface area (Å²) in [6, 6.07) is 7.63. The molecule has 4 rings (SSSR count). The van der Waals surface area contributed by atoms with Gasteiger partial charge in [0, 0.05) is 18.4 Å². The summed E-state index contributed by atoms with van der Waals surface area (Å²) in [4.78, 5) is 16.5. The van der Waals surface area contributed by atoms with Gasteiger partial charge < -0.3 is 4.90 Å². The van der Waals surface area contributed by atoms with Crippen LogP contribution in [-0.4, -0.2) is 54.0 Å². The Morgan fingerprint density at radius 1 is 1.04 bits per heavy atom. The molecule has 0 aliphatic carbocycles. The lowest BCUT2D eigenvalue weighted by molar-refractivity contribution is 0.220. The highest BCUT2D eigenvalue weighted by molar-refractivity contribution is 5.94. The van der Waals surface area contributed by atoms with Crippen molar-refractivity contribution in [2.45, 2.75) is 19.5 Å². The Kier molecular flexibility index (Phi) is 3.88. The predicted octanol–water partition coefficient (Wildman–Crippen LogP) is 1.71. The van der Waals surface area contributed by atoms with Gasteiger partial charge in [-0.3, -0.25) is 4.90 Å². The normalized spacial score (nSPS) is 17.5. The molecule has 9 heteroatoms. The molecular formula is C16H18N8O. The molecule has 1 aliphatic heterocycles. The molecule has 3 heterocycles. The third-order valence-corrected chi connectivity index (χ3v) is 4.21. The van der Waals surface area contributed by atoms with Crippen molar-refractivity contribution in [2.24, 2.45) is 0 Å². The van der Waals surface area contributed by atoms with E-state index in [9.17, 15) is 4.79 Å². The van der Waals surface area contributed by atoms with Gasteiger partial charge in [-0.05, 0) is 30.7 Å². The number of amides is 2. The maximum atomic E-state index is 12.9. The molecule has 1 saturated heterocycles. The monoisotopic (exact) mass is 338 g/mol. The van der Waals surface area contributed by atoms with E-state index in [4.69, 9.17) is 0 Å². The summed E-state index contributed by atoms with van der Waals surface area (Å²) >= 11 is 0. The maximum Gasteiger partial charge on any atom is 0.326 e. The molecule has 2 amide bonds. The van der Waals surface area contributed by atoms with Gasteiger partial charge in [0.2, 0.25) is 0 Å². The first-order valence-electron chi connectivity index (χ1n) is 8.18. The summed E-state index contributed by atoms with van der Waals surface area (Å²) < 4.78 is 3.40. The Labute approximate surface area is 144 Å². The average Bonchev–Trinajstić information content (AvgIpc) is 3.37. The van der Waals surface area contributed by atoms with Gasteiger partial charge >= 0.3 is 6.03 Å². The number of benzene rings is 1. The number of hydrogen-bond acceptors (Lipinski definition) is 5. The van der Waals surface area contributed by atoms with E-state index in [-0.39, 0.29) is 12.2 Å². The van der Waals surface area contributed by atoms with E-state index >= 15 is 0 Å². The molecule has 0 spiro atoms. The lowest BCUT2D eigenvalue weighted by atomic mass is 10.2. The van der Waals surface area contributed by atoms with Crippen LogP contribution in [0, 0.1) is 0 Å². The van der Waals surface area contributed by atoms with E-state index < -0.39 is 0 Å². The summed E-state index contributed by atoms with van der Waals surface area (Å²) in [6.07, 6.45) is 7.51. The van der Waals surface area contributed by atoms with Gasteiger partial charge in [0.25, 0.3) is 0 Å². The molecule has 2 aromatic heterocycles. The van der Waals surface area contributed by atoms with Crippen LogP contribution in [0.25, 0.3) is 5.69 Å². The molecule has 1 fully saturated rings. The summed E-state index contributed by atoms with van der Waals surface area (Å²) in [5, 5.41) is 15.7. The molecular weight excluding hydrogens is 320 g/mol. The zero-order valence-electron chi connectivity index (χ0n) is 13.8. The van der Waals surface area contributed by atoms with E-state index in [0.29, 0.717) is 6.54 Å². The van der Waals surface area contributed by atoms with E-state index in [1.54, 1.807) is 39.1 Å². The molecule has 0 saturated carbocycles. The van der Waals surface area contributed by atoms with Crippen molar-refractivity contribution in [1.29, 1.82) is 0 Å². The van der Waals surface area contributed by atoms with Crippen molar-refractivity contribution in [3.63, 3.8) is 0 Å². The summed E-state index contributed by atoms with van der Waals surface area (Å²) in [6.45, 7) is 3.37. The van der Waals surface area contributed by atoms with E-state index in [0.717, 1.165) is 24.3 Å². The number of rotatable bonds is 5. The van der Waals surface area contributed by atoms with Gasteiger partial charge in [-0.15, -0.1) is 10.2 Å². The molecule has 0 N–H and O–H groups in total. The molecule has 1 aliphatic rings. The highest BCUT2D eigenvalue weighted by Crippen LogP contribution is 2.31. The summed E-state index contributed by atoms with van der Waals surface area (Å²) in [5.74, 6) is 0. The van der Waals surface area contributed by atoms with Crippen molar-refractivity contribution in [3.8, 4) is 5.69 Å². The number of nitrogens with zero attached hydrogens (tertiary/aromatic N) is 8. The minimum Gasteiger partial charge on any atom is -0.320 e. The molecule has 128 valence electrons. The van der Waals surface area contributed by atoms with Gasteiger partial charge in [-0.2, -0.15) is 0 Å². The topological polar surface area (TPSA) is 85.0 Å². The largest absolute Gasteiger partial charge is 0.326 e. The van der Waals surface area contributed by atoms with Crippen LogP contribution in [-0.2, 0) is 0 Å². The minimum atomic E-state index is -0.209. The van der Waals surface area contributed by atoms with Crippen LogP contribution < -0.4 is 4.90 Å². The van der Waals surface area contributed by atoms with E-state index in [2.05, 4.69) is 27.5 Å². The van der Waals surface area contributed by atoms with Crippen molar-refractivity contribution in [2.75, 3.05) is 18.0 Å². The van der Waals surface area contributed by atoms with Crippen molar-refractivity contribution < 1.29 is 4.79 Å². The number of urea groups is 1. The van der Waals surface area contributed by atoms with Crippen LogP contribution in [0.5, 0.6) is 0 Å².